The molecule has 0 aliphatic rings. The monoisotopic (exact) mass is 388 g/mol. The number of ether oxygens (including phenoxy) is 1. The predicted molar refractivity (Wildman–Crippen MR) is 88.3 cm³/mol. The number of alkyl halides is 1. The molecule has 1 unspecified atom stereocenters. The van der Waals surface area contributed by atoms with Gasteiger partial charge in [0.1, 0.15) is 5.75 Å². The van der Waals surface area contributed by atoms with Gasteiger partial charge in [-0.05, 0) is 35.4 Å². The van der Waals surface area contributed by atoms with Crippen molar-refractivity contribution in [3.8, 4) is 5.75 Å². The third-order valence-electron chi connectivity index (χ3n) is 3.06. The molecule has 0 radical (unpaired) electrons. The maximum absolute atomic E-state index is 11.6. The highest BCUT2D eigenvalue weighted by atomic mass is 79.9. The zero-order valence-corrected chi connectivity index (χ0v) is 14.7. The van der Waals surface area contributed by atoms with Crippen molar-refractivity contribution in [3.63, 3.8) is 0 Å². The molecule has 0 bridgehead atoms. The van der Waals surface area contributed by atoms with Crippen molar-refractivity contribution in [1.82, 2.24) is 0 Å². The molecule has 0 saturated heterocycles. The van der Waals surface area contributed by atoms with E-state index in [9.17, 15) is 8.42 Å². The van der Waals surface area contributed by atoms with Gasteiger partial charge in [-0.2, -0.15) is 0 Å². The molecule has 21 heavy (non-hydrogen) atoms. The molecule has 2 rings (SSSR count). The average molecular weight is 390 g/mol. The third kappa shape index (κ3) is 3.78. The summed E-state index contributed by atoms with van der Waals surface area (Å²) in [6, 6.07) is 12.2. The van der Waals surface area contributed by atoms with E-state index >= 15 is 0 Å². The minimum absolute atomic E-state index is 0.197. The SMILES string of the molecule is COc1ccc(C(Br)c2cccc(S(C)(=O)=O)c2)c(Cl)c1. The summed E-state index contributed by atoms with van der Waals surface area (Å²) in [4.78, 5) is 0.0895. The van der Waals surface area contributed by atoms with Crippen LogP contribution in [0.1, 0.15) is 16.0 Å². The molecule has 0 aromatic heterocycles. The number of methoxy groups -OCH3 is 1. The fourth-order valence-corrected chi connectivity index (χ4v) is 3.69. The lowest BCUT2D eigenvalue weighted by Gasteiger charge is -2.14. The van der Waals surface area contributed by atoms with Crippen molar-refractivity contribution in [3.05, 3.63) is 58.6 Å². The minimum Gasteiger partial charge on any atom is -0.497 e. The number of hydrogen-bond donors (Lipinski definition) is 0. The quantitative estimate of drug-likeness (QED) is 0.735. The summed E-state index contributed by atoms with van der Waals surface area (Å²) in [6.07, 6.45) is 1.19. The van der Waals surface area contributed by atoms with E-state index in [0.29, 0.717) is 10.8 Å². The molecule has 0 spiro atoms. The molecule has 0 saturated carbocycles. The van der Waals surface area contributed by atoms with Crippen molar-refractivity contribution in [2.24, 2.45) is 0 Å². The predicted octanol–water partition coefficient (Wildman–Crippen LogP) is 4.24. The summed E-state index contributed by atoms with van der Waals surface area (Å²) in [5.74, 6) is 0.674. The second-order valence-corrected chi connectivity index (χ2v) is 7.93. The van der Waals surface area contributed by atoms with Gasteiger partial charge in [-0.15, -0.1) is 0 Å². The molecular weight excluding hydrogens is 376 g/mol. The van der Waals surface area contributed by atoms with Crippen molar-refractivity contribution >= 4 is 37.4 Å². The van der Waals surface area contributed by atoms with Gasteiger partial charge in [0.25, 0.3) is 0 Å². The Morgan fingerprint density at radius 1 is 1.19 bits per heavy atom. The van der Waals surface area contributed by atoms with Crippen LogP contribution in [0.4, 0.5) is 0 Å². The van der Waals surface area contributed by atoms with Crippen molar-refractivity contribution < 1.29 is 13.2 Å². The number of halogens is 2. The molecule has 2 aromatic rings. The zero-order chi connectivity index (χ0) is 15.6. The summed E-state index contributed by atoms with van der Waals surface area (Å²) >= 11 is 9.83. The maximum Gasteiger partial charge on any atom is 0.175 e. The van der Waals surface area contributed by atoms with E-state index in [1.807, 2.05) is 18.2 Å². The summed E-state index contributed by atoms with van der Waals surface area (Å²) in [5.41, 5.74) is 1.67. The van der Waals surface area contributed by atoms with E-state index in [1.165, 1.54) is 6.26 Å². The van der Waals surface area contributed by atoms with Gasteiger partial charge >= 0.3 is 0 Å². The second-order valence-electron chi connectivity index (χ2n) is 4.59. The number of rotatable bonds is 4. The Labute approximate surface area is 137 Å². The van der Waals surface area contributed by atoms with Crippen LogP contribution in [0.3, 0.4) is 0 Å². The molecule has 0 aliphatic carbocycles. The van der Waals surface area contributed by atoms with Gasteiger partial charge in [0.15, 0.2) is 9.84 Å². The fourth-order valence-electron chi connectivity index (χ4n) is 1.92. The van der Waals surface area contributed by atoms with Gasteiger partial charge in [-0.1, -0.05) is 45.7 Å². The Morgan fingerprint density at radius 2 is 1.90 bits per heavy atom. The van der Waals surface area contributed by atoms with Gasteiger partial charge < -0.3 is 4.74 Å². The van der Waals surface area contributed by atoms with E-state index in [2.05, 4.69) is 15.9 Å². The summed E-state index contributed by atoms with van der Waals surface area (Å²) < 4.78 is 28.4. The van der Waals surface area contributed by atoms with Crippen molar-refractivity contribution in [2.45, 2.75) is 9.72 Å². The van der Waals surface area contributed by atoms with Crippen LogP contribution < -0.4 is 4.74 Å². The first kappa shape index (κ1) is 16.3. The van der Waals surface area contributed by atoms with Crippen LogP contribution in [0.15, 0.2) is 47.4 Å². The van der Waals surface area contributed by atoms with Crippen LogP contribution in [-0.4, -0.2) is 21.8 Å². The number of benzene rings is 2. The van der Waals surface area contributed by atoms with Crippen LogP contribution >= 0.6 is 27.5 Å². The number of hydrogen-bond acceptors (Lipinski definition) is 3. The lowest BCUT2D eigenvalue weighted by molar-refractivity contribution is 0.414. The van der Waals surface area contributed by atoms with Crippen LogP contribution in [0.25, 0.3) is 0 Å². The lowest BCUT2D eigenvalue weighted by Crippen LogP contribution is -2.00. The largest absolute Gasteiger partial charge is 0.497 e. The molecule has 2 aromatic carbocycles. The van der Waals surface area contributed by atoms with E-state index in [-0.39, 0.29) is 9.72 Å². The Bertz CT molecular complexity index is 759. The second kappa shape index (κ2) is 6.38. The smallest absolute Gasteiger partial charge is 0.175 e. The molecule has 0 fully saturated rings. The highest BCUT2D eigenvalue weighted by Gasteiger charge is 2.16. The molecule has 0 amide bonds. The van der Waals surface area contributed by atoms with Crippen molar-refractivity contribution in [2.75, 3.05) is 13.4 Å². The van der Waals surface area contributed by atoms with Gasteiger partial charge in [-0.25, -0.2) is 8.42 Å². The molecule has 112 valence electrons. The Morgan fingerprint density at radius 3 is 2.48 bits per heavy atom. The van der Waals surface area contributed by atoms with Crippen LogP contribution in [0, 0.1) is 0 Å². The Hall–Kier alpha value is -1.04. The lowest BCUT2D eigenvalue weighted by atomic mass is 10.0. The first-order valence-electron chi connectivity index (χ1n) is 6.10. The molecule has 6 heteroatoms. The maximum atomic E-state index is 11.6. The summed E-state index contributed by atoms with van der Waals surface area (Å²) in [7, 11) is -1.66. The van der Waals surface area contributed by atoms with E-state index in [4.69, 9.17) is 16.3 Å². The van der Waals surface area contributed by atoms with Gasteiger partial charge in [0, 0.05) is 11.3 Å². The third-order valence-corrected chi connectivity index (χ3v) is 5.52. The standard InChI is InChI=1S/C15H14BrClO3S/c1-20-11-6-7-13(14(17)9-11)15(16)10-4-3-5-12(8-10)21(2,18)19/h3-9,15H,1-2H3. The van der Waals surface area contributed by atoms with E-state index < -0.39 is 9.84 Å². The topological polar surface area (TPSA) is 43.4 Å². The van der Waals surface area contributed by atoms with Crippen molar-refractivity contribution in [1.29, 1.82) is 0 Å². The summed E-state index contributed by atoms with van der Waals surface area (Å²) in [6.45, 7) is 0. The average Bonchev–Trinajstić information content (AvgIpc) is 2.45. The van der Waals surface area contributed by atoms with Gasteiger partial charge in [-0.3, -0.25) is 0 Å². The molecular formula is C15H14BrClO3S. The number of sulfone groups is 1. The van der Waals surface area contributed by atoms with Gasteiger partial charge in [0.05, 0.1) is 16.8 Å². The molecule has 1 atom stereocenters. The Balaban J connectivity index is 2.43. The van der Waals surface area contributed by atoms with Crippen LogP contribution in [0.2, 0.25) is 5.02 Å². The summed E-state index contributed by atoms with van der Waals surface area (Å²) in [5, 5.41) is 0.556. The van der Waals surface area contributed by atoms with E-state index in [0.717, 1.165) is 11.1 Å². The fraction of sp³-hybridized carbons (Fsp3) is 0.200. The van der Waals surface area contributed by atoms with E-state index in [1.54, 1.807) is 31.4 Å². The molecule has 0 N–H and O–H groups in total. The minimum atomic E-state index is -3.24. The molecule has 3 nitrogen and oxygen atoms in total. The first-order valence-corrected chi connectivity index (χ1v) is 9.29. The van der Waals surface area contributed by atoms with Gasteiger partial charge in [0.2, 0.25) is 0 Å². The highest BCUT2D eigenvalue weighted by molar-refractivity contribution is 9.09. The first-order chi connectivity index (χ1) is 9.82. The highest BCUT2D eigenvalue weighted by Crippen LogP contribution is 2.37. The molecule has 0 heterocycles. The zero-order valence-electron chi connectivity index (χ0n) is 11.5. The van der Waals surface area contributed by atoms with Crippen LogP contribution in [0.5, 0.6) is 5.75 Å². The Kier molecular flexibility index (Phi) is 4.96. The van der Waals surface area contributed by atoms with Crippen LogP contribution in [-0.2, 0) is 9.84 Å². The molecule has 0 aliphatic heterocycles. The normalized spacial score (nSPS) is 13.0.